The zero-order chi connectivity index (χ0) is 13.9. The van der Waals surface area contributed by atoms with Crippen molar-refractivity contribution in [3.8, 4) is 0 Å². The number of nitrogens with one attached hydrogen (secondary N) is 1. The van der Waals surface area contributed by atoms with E-state index in [1.807, 2.05) is 13.8 Å². The van der Waals surface area contributed by atoms with Crippen LogP contribution in [0.15, 0.2) is 12.4 Å². The molecular formula is C12H19N3O3. The van der Waals surface area contributed by atoms with Crippen LogP contribution >= 0.6 is 0 Å². The first-order valence-corrected chi connectivity index (χ1v) is 5.90. The van der Waals surface area contributed by atoms with Gasteiger partial charge < -0.3 is 10.4 Å². The Kier molecular flexibility index (Phi) is 4.47. The molecule has 1 rings (SSSR count). The van der Waals surface area contributed by atoms with E-state index in [4.69, 9.17) is 5.11 Å². The van der Waals surface area contributed by atoms with Crippen molar-refractivity contribution in [2.45, 2.75) is 33.7 Å². The number of aliphatic carboxylic acids is 1. The number of carbonyl (C=O) groups excluding carboxylic acids is 1. The highest BCUT2D eigenvalue weighted by Gasteiger charge is 2.25. The number of hydrogen-bond donors (Lipinski definition) is 2. The predicted molar refractivity (Wildman–Crippen MR) is 67.2 cm³/mol. The van der Waals surface area contributed by atoms with Crippen molar-refractivity contribution in [2.24, 2.45) is 11.8 Å². The average Bonchev–Trinajstić information content (AvgIpc) is 2.75. The summed E-state index contributed by atoms with van der Waals surface area (Å²) in [5, 5.41) is 15.6. The lowest BCUT2D eigenvalue weighted by Gasteiger charge is -2.14. The van der Waals surface area contributed by atoms with Gasteiger partial charge in [0.2, 0.25) is 5.91 Å². The molecule has 1 aromatic heterocycles. The quantitative estimate of drug-likeness (QED) is 0.837. The maximum Gasteiger partial charge on any atom is 0.307 e. The molecule has 2 unspecified atom stereocenters. The summed E-state index contributed by atoms with van der Waals surface area (Å²) in [6, 6.07) is 0.214. The Morgan fingerprint density at radius 3 is 2.33 bits per heavy atom. The van der Waals surface area contributed by atoms with Gasteiger partial charge in [-0.3, -0.25) is 14.3 Å². The first-order chi connectivity index (χ1) is 8.32. The SMILES string of the molecule is CC(C(=O)O)C(C)C(=O)Nc1cnn(C(C)C)c1. The highest BCUT2D eigenvalue weighted by Crippen LogP contribution is 2.15. The summed E-state index contributed by atoms with van der Waals surface area (Å²) in [7, 11) is 0. The lowest BCUT2D eigenvalue weighted by molar-refractivity contribution is -0.145. The van der Waals surface area contributed by atoms with Gasteiger partial charge in [0.15, 0.2) is 0 Å². The molecule has 6 nitrogen and oxygen atoms in total. The van der Waals surface area contributed by atoms with E-state index in [0.29, 0.717) is 5.69 Å². The van der Waals surface area contributed by atoms with Crippen molar-refractivity contribution >= 4 is 17.6 Å². The van der Waals surface area contributed by atoms with Gasteiger partial charge in [0.05, 0.1) is 17.8 Å². The first-order valence-electron chi connectivity index (χ1n) is 5.90. The molecule has 2 atom stereocenters. The van der Waals surface area contributed by atoms with Gasteiger partial charge in [-0.1, -0.05) is 13.8 Å². The van der Waals surface area contributed by atoms with Crippen molar-refractivity contribution in [1.29, 1.82) is 0 Å². The van der Waals surface area contributed by atoms with E-state index in [-0.39, 0.29) is 11.9 Å². The summed E-state index contributed by atoms with van der Waals surface area (Å²) in [4.78, 5) is 22.6. The van der Waals surface area contributed by atoms with Gasteiger partial charge in [0, 0.05) is 18.2 Å². The van der Waals surface area contributed by atoms with Gasteiger partial charge in [-0.25, -0.2) is 0 Å². The van der Waals surface area contributed by atoms with Crippen LogP contribution in [0.3, 0.4) is 0 Å². The highest BCUT2D eigenvalue weighted by molar-refractivity contribution is 5.94. The van der Waals surface area contributed by atoms with E-state index in [0.717, 1.165) is 0 Å². The van der Waals surface area contributed by atoms with Crippen molar-refractivity contribution in [3.05, 3.63) is 12.4 Å². The minimum Gasteiger partial charge on any atom is -0.481 e. The second-order valence-corrected chi connectivity index (χ2v) is 4.71. The lowest BCUT2D eigenvalue weighted by Crippen LogP contribution is -2.29. The molecule has 1 aromatic rings. The smallest absolute Gasteiger partial charge is 0.307 e. The fraction of sp³-hybridized carbons (Fsp3) is 0.583. The second-order valence-electron chi connectivity index (χ2n) is 4.71. The number of aromatic nitrogens is 2. The second kappa shape index (κ2) is 5.66. The lowest BCUT2D eigenvalue weighted by atomic mass is 9.95. The van der Waals surface area contributed by atoms with E-state index in [2.05, 4.69) is 10.4 Å². The van der Waals surface area contributed by atoms with Crippen LogP contribution in [0.2, 0.25) is 0 Å². The zero-order valence-corrected chi connectivity index (χ0v) is 11.0. The minimum absolute atomic E-state index is 0.214. The van der Waals surface area contributed by atoms with Crippen molar-refractivity contribution < 1.29 is 14.7 Å². The summed E-state index contributed by atoms with van der Waals surface area (Å²) in [6.07, 6.45) is 3.27. The molecule has 6 heteroatoms. The van der Waals surface area contributed by atoms with Gasteiger partial charge in [-0.15, -0.1) is 0 Å². The van der Waals surface area contributed by atoms with Gasteiger partial charge >= 0.3 is 5.97 Å². The molecule has 100 valence electrons. The summed E-state index contributed by atoms with van der Waals surface area (Å²) < 4.78 is 1.72. The topological polar surface area (TPSA) is 84.2 Å². The molecule has 0 spiro atoms. The molecule has 0 aromatic carbocycles. The molecule has 1 amide bonds. The molecule has 18 heavy (non-hydrogen) atoms. The fourth-order valence-electron chi connectivity index (χ4n) is 1.38. The zero-order valence-electron chi connectivity index (χ0n) is 11.0. The first kappa shape index (κ1) is 14.2. The van der Waals surface area contributed by atoms with Crippen LogP contribution < -0.4 is 5.32 Å². The van der Waals surface area contributed by atoms with Gasteiger partial charge in [-0.05, 0) is 13.8 Å². The number of carboxylic acid groups (broad SMARTS) is 1. The third-order valence-electron chi connectivity index (χ3n) is 2.95. The molecule has 0 aliphatic heterocycles. The predicted octanol–water partition coefficient (Wildman–Crippen LogP) is 1.76. The van der Waals surface area contributed by atoms with Crippen LogP contribution in [0.4, 0.5) is 5.69 Å². The largest absolute Gasteiger partial charge is 0.481 e. The van der Waals surface area contributed by atoms with E-state index >= 15 is 0 Å². The van der Waals surface area contributed by atoms with E-state index < -0.39 is 17.8 Å². The molecular weight excluding hydrogens is 234 g/mol. The Labute approximate surface area is 106 Å². The van der Waals surface area contributed by atoms with E-state index in [1.54, 1.807) is 24.0 Å². The summed E-state index contributed by atoms with van der Waals surface area (Å²) >= 11 is 0. The fourth-order valence-corrected chi connectivity index (χ4v) is 1.38. The molecule has 1 heterocycles. The van der Waals surface area contributed by atoms with E-state index in [1.165, 1.54) is 6.92 Å². The standard InChI is InChI=1S/C12H19N3O3/c1-7(2)15-6-10(5-13-15)14-11(16)8(3)9(4)12(17)18/h5-9H,1-4H3,(H,14,16)(H,17,18). The van der Waals surface area contributed by atoms with Crippen LogP contribution in [-0.2, 0) is 9.59 Å². The van der Waals surface area contributed by atoms with Crippen molar-refractivity contribution in [3.63, 3.8) is 0 Å². The third-order valence-corrected chi connectivity index (χ3v) is 2.95. The van der Waals surface area contributed by atoms with Crippen LogP contribution in [0.5, 0.6) is 0 Å². The summed E-state index contributed by atoms with van der Waals surface area (Å²) in [6.45, 7) is 7.08. The number of nitrogens with zero attached hydrogens (tertiary/aromatic N) is 2. The number of anilines is 1. The Morgan fingerprint density at radius 1 is 1.28 bits per heavy atom. The maximum atomic E-state index is 11.8. The van der Waals surface area contributed by atoms with Crippen LogP contribution in [0, 0.1) is 11.8 Å². The molecule has 0 aliphatic carbocycles. The normalized spacial score (nSPS) is 14.3. The molecule has 0 aliphatic rings. The van der Waals surface area contributed by atoms with Crippen LogP contribution in [-0.4, -0.2) is 26.8 Å². The van der Waals surface area contributed by atoms with Crippen LogP contribution in [0.25, 0.3) is 0 Å². The Morgan fingerprint density at radius 2 is 1.89 bits per heavy atom. The molecule has 0 saturated heterocycles. The number of carbonyl (C=O) groups is 2. The molecule has 2 N–H and O–H groups in total. The molecule has 0 radical (unpaired) electrons. The third kappa shape index (κ3) is 3.32. The summed E-state index contributed by atoms with van der Waals surface area (Å²) in [5.74, 6) is -2.60. The van der Waals surface area contributed by atoms with Gasteiger partial charge in [0.1, 0.15) is 0 Å². The van der Waals surface area contributed by atoms with Crippen LogP contribution in [0.1, 0.15) is 33.7 Å². The number of hydrogen-bond acceptors (Lipinski definition) is 3. The Bertz CT molecular complexity index is 440. The Balaban J connectivity index is 2.66. The monoisotopic (exact) mass is 253 g/mol. The molecule has 0 saturated carbocycles. The van der Waals surface area contributed by atoms with Gasteiger partial charge in [0.25, 0.3) is 0 Å². The number of rotatable bonds is 5. The molecule has 0 fully saturated rings. The number of amides is 1. The van der Waals surface area contributed by atoms with Crippen molar-refractivity contribution in [1.82, 2.24) is 9.78 Å². The minimum atomic E-state index is -0.976. The number of carboxylic acids is 1. The molecule has 0 bridgehead atoms. The van der Waals surface area contributed by atoms with E-state index in [9.17, 15) is 9.59 Å². The summed E-state index contributed by atoms with van der Waals surface area (Å²) in [5.41, 5.74) is 0.582. The maximum absolute atomic E-state index is 11.8. The van der Waals surface area contributed by atoms with Crippen molar-refractivity contribution in [2.75, 3.05) is 5.32 Å². The Hall–Kier alpha value is -1.85. The van der Waals surface area contributed by atoms with Gasteiger partial charge in [-0.2, -0.15) is 5.10 Å². The average molecular weight is 253 g/mol. The highest BCUT2D eigenvalue weighted by atomic mass is 16.4.